The molecule has 46 heavy (non-hydrogen) atoms. The van der Waals surface area contributed by atoms with Gasteiger partial charge < -0.3 is 9.47 Å². The minimum absolute atomic E-state index is 0.179. The molecule has 1 unspecified atom stereocenters. The molecule has 0 saturated carbocycles. The highest BCUT2D eigenvalue weighted by Gasteiger charge is 2.20. The molecule has 3 heterocycles. The fraction of sp³-hybridized carbons (Fsp3) is 0.0698. The third kappa shape index (κ3) is 4.39. The van der Waals surface area contributed by atoms with Gasteiger partial charge in [0.05, 0.1) is 11.0 Å². The number of aromatic nitrogens is 1. The molecule has 9 rings (SSSR count). The summed E-state index contributed by atoms with van der Waals surface area (Å²) in [6.45, 7) is 2.29. The van der Waals surface area contributed by atoms with Gasteiger partial charge in [0.15, 0.2) is 0 Å². The first-order valence-corrected chi connectivity index (χ1v) is 16.8. The number of thiophene rings is 1. The highest BCUT2D eigenvalue weighted by molar-refractivity contribution is 7.25. The molecule has 8 aromatic rings. The van der Waals surface area contributed by atoms with Crippen LogP contribution in [0.3, 0.4) is 0 Å². The smallest absolute Gasteiger partial charge is 0.0541 e. The summed E-state index contributed by atoms with van der Waals surface area (Å²) in [4.78, 5) is 2.45. The van der Waals surface area contributed by atoms with Crippen LogP contribution in [0.1, 0.15) is 18.1 Å². The molecule has 1 aliphatic heterocycles. The lowest BCUT2D eigenvalue weighted by Crippen LogP contribution is -2.27. The summed E-state index contributed by atoms with van der Waals surface area (Å²) >= 11 is 1.87. The molecule has 0 saturated heterocycles. The number of rotatable bonds is 3. The summed E-state index contributed by atoms with van der Waals surface area (Å²) in [6, 6.07) is 51.2. The Hall–Kier alpha value is -5.38. The number of benzene rings is 6. The maximum Gasteiger partial charge on any atom is 0.0541 e. The molecule has 220 valence electrons. The molecule has 0 aliphatic carbocycles. The van der Waals surface area contributed by atoms with Gasteiger partial charge in [-0.15, -0.1) is 11.3 Å². The molecule has 2 aromatic heterocycles. The third-order valence-electron chi connectivity index (χ3n) is 9.41. The number of nitrogens with zero attached hydrogens (tertiary/aromatic N) is 2. The molecule has 3 heteroatoms. The third-order valence-corrected chi connectivity index (χ3v) is 10.6. The van der Waals surface area contributed by atoms with Gasteiger partial charge in [-0.25, -0.2) is 0 Å². The molecule has 2 nitrogen and oxygen atoms in total. The standard InChI is InChI=1S/C43H32N2S/c1-29-19-20-30(21-22-31-11-5-8-16-39(31)44(29)33-12-3-2-4-13-33)32-23-25-41-37(27-32)35-14-6-9-17-40(35)45(41)34-24-26-43-38(28-34)36-15-7-10-18-42(36)46-43/h2-21,23-29H,22H2,1H3/b20-19-,30-21+. The van der Waals surface area contributed by atoms with Crippen LogP contribution in [0, 0.1) is 0 Å². The fourth-order valence-corrected chi connectivity index (χ4v) is 8.30. The second-order valence-corrected chi connectivity index (χ2v) is 13.2. The van der Waals surface area contributed by atoms with Crippen molar-refractivity contribution in [2.24, 2.45) is 0 Å². The van der Waals surface area contributed by atoms with Gasteiger partial charge in [-0.05, 0) is 90.7 Å². The zero-order chi connectivity index (χ0) is 30.6. The molecule has 0 bridgehead atoms. The number of para-hydroxylation sites is 3. The molecule has 0 fully saturated rings. The molecule has 0 N–H and O–H groups in total. The summed E-state index contributed by atoms with van der Waals surface area (Å²) in [5.41, 5.74) is 9.94. The minimum Gasteiger partial charge on any atom is -0.335 e. The van der Waals surface area contributed by atoms with E-state index in [1.807, 2.05) is 11.3 Å². The Morgan fingerprint density at radius 2 is 1.33 bits per heavy atom. The van der Waals surface area contributed by atoms with Crippen molar-refractivity contribution in [2.45, 2.75) is 19.4 Å². The number of hydrogen-bond acceptors (Lipinski definition) is 2. The van der Waals surface area contributed by atoms with Crippen LogP contribution in [0.15, 0.2) is 158 Å². The minimum atomic E-state index is 0.179. The van der Waals surface area contributed by atoms with Crippen LogP contribution in [-0.4, -0.2) is 10.6 Å². The predicted molar refractivity (Wildman–Crippen MR) is 199 cm³/mol. The number of allylic oxidation sites excluding steroid dienone is 3. The molecule has 1 atom stereocenters. The first kappa shape index (κ1) is 27.0. The van der Waals surface area contributed by atoms with Gasteiger partial charge in [0.1, 0.15) is 0 Å². The SMILES string of the molecule is CC1/C=C\C(c2ccc3c(c2)c2ccccc2n3-c2ccc3sc4ccccc4c3c2)=C/Cc2ccccc2N1c1ccccc1. The summed E-state index contributed by atoms with van der Waals surface area (Å²) in [7, 11) is 0. The Labute approximate surface area is 272 Å². The molecule has 1 aliphatic rings. The zero-order valence-electron chi connectivity index (χ0n) is 25.6. The van der Waals surface area contributed by atoms with Crippen LogP contribution >= 0.6 is 11.3 Å². The quantitative estimate of drug-likeness (QED) is 0.194. The summed E-state index contributed by atoms with van der Waals surface area (Å²) in [5, 5.41) is 5.20. The van der Waals surface area contributed by atoms with Crippen LogP contribution in [-0.2, 0) is 6.42 Å². The van der Waals surface area contributed by atoms with Gasteiger partial charge in [0, 0.05) is 54.0 Å². The van der Waals surface area contributed by atoms with E-state index < -0.39 is 0 Å². The molecule has 0 amide bonds. The van der Waals surface area contributed by atoms with Crippen molar-refractivity contribution < 1.29 is 0 Å². The normalized spacial score (nSPS) is 17.0. The first-order valence-electron chi connectivity index (χ1n) is 16.0. The van der Waals surface area contributed by atoms with Gasteiger partial charge >= 0.3 is 0 Å². The van der Waals surface area contributed by atoms with Gasteiger partial charge in [-0.2, -0.15) is 0 Å². The van der Waals surface area contributed by atoms with E-state index in [9.17, 15) is 0 Å². The lowest BCUT2D eigenvalue weighted by atomic mass is 9.99. The van der Waals surface area contributed by atoms with Crippen LogP contribution in [0.25, 0.3) is 53.2 Å². The van der Waals surface area contributed by atoms with E-state index in [-0.39, 0.29) is 6.04 Å². The molecule has 0 spiro atoms. The van der Waals surface area contributed by atoms with E-state index in [1.165, 1.54) is 75.7 Å². The van der Waals surface area contributed by atoms with Crippen molar-refractivity contribution in [1.29, 1.82) is 0 Å². The van der Waals surface area contributed by atoms with Gasteiger partial charge in [0.25, 0.3) is 0 Å². The largest absolute Gasteiger partial charge is 0.335 e. The Bertz CT molecular complexity index is 2480. The fourth-order valence-electron chi connectivity index (χ4n) is 7.22. The summed E-state index contributed by atoms with van der Waals surface area (Å²) < 4.78 is 5.10. The Balaban J connectivity index is 1.18. The van der Waals surface area contributed by atoms with Crippen LogP contribution in [0.5, 0.6) is 0 Å². The van der Waals surface area contributed by atoms with Crippen LogP contribution < -0.4 is 4.90 Å². The van der Waals surface area contributed by atoms with Crippen LogP contribution in [0.2, 0.25) is 0 Å². The number of hydrogen-bond donors (Lipinski definition) is 0. The summed E-state index contributed by atoms with van der Waals surface area (Å²) in [6.07, 6.45) is 7.92. The van der Waals surface area contributed by atoms with E-state index in [2.05, 4.69) is 174 Å². The van der Waals surface area contributed by atoms with Gasteiger partial charge in [0.2, 0.25) is 0 Å². The number of anilines is 2. The first-order chi connectivity index (χ1) is 22.7. The second kappa shape index (κ2) is 10.9. The van der Waals surface area contributed by atoms with Crippen molar-refractivity contribution in [1.82, 2.24) is 4.57 Å². The molecule has 6 aromatic carbocycles. The number of fused-ring (bicyclic) bond motifs is 7. The Morgan fingerprint density at radius 3 is 2.24 bits per heavy atom. The van der Waals surface area contributed by atoms with E-state index in [1.54, 1.807) is 0 Å². The van der Waals surface area contributed by atoms with Crippen molar-refractivity contribution in [3.63, 3.8) is 0 Å². The lowest BCUT2D eigenvalue weighted by Gasteiger charge is -2.31. The molecular weight excluding hydrogens is 577 g/mol. The highest BCUT2D eigenvalue weighted by Crippen LogP contribution is 2.39. The van der Waals surface area contributed by atoms with E-state index in [0.29, 0.717) is 0 Å². The van der Waals surface area contributed by atoms with Gasteiger partial charge in [-0.3, -0.25) is 0 Å². The van der Waals surface area contributed by atoms with Crippen molar-refractivity contribution in [3.05, 3.63) is 169 Å². The zero-order valence-corrected chi connectivity index (χ0v) is 26.4. The lowest BCUT2D eigenvalue weighted by molar-refractivity contribution is 0.860. The predicted octanol–water partition coefficient (Wildman–Crippen LogP) is 11.9. The van der Waals surface area contributed by atoms with Crippen molar-refractivity contribution in [3.8, 4) is 5.69 Å². The van der Waals surface area contributed by atoms with Crippen LogP contribution in [0.4, 0.5) is 11.4 Å². The van der Waals surface area contributed by atoms with E-state index in [4.69, 9.17) is 0 Å². The topological polar surface area (TPSA) is 8.17 Å². The van der Waals surface area contributed by atoms with Crippen molar-refractivity contribution >= 4 is 70.3 Å². The maximum atomic E-state index is 2.45. The summed E-state index contributed by atoms with van der Waals surface area (Å²) in [5.74, 6) is 0. The average Bonchev–Trinajstić information content (AvgIpc) is 3.66. The molecular formula is C43H32N2S. The Morgan fingerprint density at radius 1 is 0.587 bits per heavy atom. The second-order valence-electron chi connectivity index (χ2n) is 12.2. The van der Waals surface area contributed by atoms with Crippen molar-refractivity contribution in [2.75, 3.05) is 4.90 Å². The van der Waals surface area contributed by atoms with Gasteiger partial charge in [-0.1, -0.05) is 97.1 Å². The van der Waals surface area contributed by atoms with E-state index in [0.717, 1.165) is 6.42 Å². The average molecular weight is 609 g/mol. The molecule has 0 radical (unpaired) electrons. The Kier molecular flexibility index (Phi) is 6.39. The highest BCUT2D eigenvalue weighted by atomic mass is 32.1. The maximum absolute atomic E-state index is 2.45. The van der Waals surface area contributed by atoms with E-state index >= 15 is 0 Å². The monoisotopic (exact) mass is 608 g/mol.